The van der Waals surface area contributed by atoms with E-state index in [1.165, 1.54) is 261 Å². The molecule has 1 aliphatic heterocycles. The number of unbranched alkanes of at least 4 members (excludes halogenated alkanes) is 45. The third kappa shape index (κ3) is 34.5. The van der Waals surface area contributed by atoms with Crippen molar-refractivity contribution in [2.45, 2.75) is 367 Å². The summed E-state index contributed by atoms with van der Waals surface area (Å²) in [6.45, 7) is 9.07. The van der Waals surface area contributed by atoms with Crippen molar-refractivity contribution in [1.29, 1.82) is 0 Å². The zero-order chi connectivity index (χ0) is 63.6. The Morgan fingerprint density at radius 1 is 0.511 bits per heavy atom. The number of nitrogens with zero attached hydrogens (tertiary/aromatic N) is 1. The largest absolute Gasteiger partial charge is 0.490 e. The van der Waals surface area contributed by atoms with Crippen LogP contribution in [0.4, 0.5) is 0 Å². The molecule has 1 aliphatic rings. The fourth-order valence-electron chi connectivity index (χ4n) is 13.3. The summed E-state index contributed by atoms with van der Waals surface area (Å²) in [6, 6.07) is 3.60. The minimum atomic E-state index is -2.00. The first-order valence-electron chi connectivity index (χ1n) is 37.1. The fraction of sp³-hybridized carbons (Fsp3) is 0.840. The van der Waals surface area contributed by atoms with Crippen LogP contribution in [-0.4, -0.2) is 69.3 Å². The van der Waals surface area contributed by atoms with Gasteiger partial charge in [-0.05, 0) is 56.7 Å². The summed E-state index contributed by atoms with van der Waals surface area (Å²) in [5, 5.41) is 32.6. The standard InChI is InChI=1S/C75H132N2O11/c1-5-8-11-14-17-20-23-26-29-32-35-38-41-44-47-50-53-85-66-56-64(59-75(73(82)83,60-70(79)80)65-58-69(88-68(65)62-78)77-61-63(4)72(81)76-74(77)84)57-67(86-54-51-48-45-42-39-36-33-30-27-24-21-18-15-12-9-6-2)71(66)87-55-52-49-46-43-40-37-34-31-28-25-22-19-16-13-10-7-3/h56-57,61,65,68-69,78H,5-55,58-60,62H2,1-4H3,(H,79,80)(H,82,83)(H,76,81,84)/t65-,68-,69-,75?/m1/s1. The number of carboxylic acid groups (broad SMARTS) is 2. The second-order valence-electron chi connectivity index (χ2n) is 26.7. The van der Waals surface area contributed by atoms with Crippen LogP contribution < -0.4 is 25.5 Å². The van der Waals surface area contributed by atoms with Crippen LogP contribution >= 0.6 is 0 Å². The number of aliphatic hydroxyl groups excluding tert-OH is 1. The number of carbonyl (C=O) groups is 2. The van der Waals surface area contributed by atoms with E-state index in [9.17, 15) is 34.5 Å². The lowest BCUT2D eigenvalue weighted by Crippen LogP contribution is -2.46. The predicted octanol–water partition coefficient (Wildman–Crippen LogP) is 20.5. The molecule has 3 rings (SSSR count). The van der Waals surface area contributed by atoms with E-state index in [-0.39, 0.29) is 18.4 Å². The molecule has 0 spiro atoms. The quantitative estimate of drug-likeness (QED) is 0.0462. The highest BCUT2D eigenvalue weighted by atomic mass is 16.5. The predicted molar refractivity (Wildman–Crippen MR) is 363 cm³/mol. The van der Waals surface area contributed by atoms with E-state index in [2.05, 4.69) is 25.8 Å². The van der Waals surface area contributed by atoms with Gasteiger partial charge < -0.3 is 34.3 Å². The van der Waals surface area contributed by atoms with Gasteiger partial charge in [-0.25, -0.2) is 4.79 Å². The van der Waals surface area contributed by atoms with Gasteiger partial charge in [0.25, 0.3) is 5.56 Å². The van der Waals surface area contributed by atoms with Gasteiger partial charge in [0.05, 0.1) is 44.4 Å². The topological polar surface area (TPSA) is 187 Å². The minimum Gasteiger partial charge on any atom is -0.490 e. The van der Waals surface area contributed by atoms with Crippen molar-refractivity contribution in [3.05, 3.63) is 50.3 Å². The molecular weight excluding hydrogens is 1100 g/mol. The molecule has 4 N–H and O–H groups in total. The van der Waals surface area contributed by atoms with Crippen LogP contribution in [0.5, 0.6) is 17.2 Å². The summed E-state index contributed by atoms with van der Waals surface area (Å²) in [5.41, 5.74) is -2.55. The van der Waals surface area contributed by atoms with Crippen LogP contribution in [0.1, 0.15) is 359 Å². The lowest BCUT2D eigenvalue weighted by Gasteiger charge is -2.36. The SMILES string of the molecule is CCCCCCCCCCCCCCCCCCOc1cc(CC(CC(=O)O)(C(=O)O)[C@@H]2C[C@H](n3cc(C)c(=O)[nH]c3=O)O[C@@H]2CO)cc(OCCCCCCCCCCCCCCCCCC)c1OCCCCCCCCCCCCCCCCCC. The van der Waals surface area contributed by atoms with Crippen LogP contribution in [0.3, 0.4) is 0 Å². The normalized spacial score (nSPS) is 15.7. The number of aryl methyl sites for hydroxylation is 1. The number of benzene rings is 1. The molecule has 1 unspecified atom stereocenters. The maximum atomic E-state index is 13.9. The van der Waals surface area contributed by atoms with Crippen molar-refractivity contribution in [2.24, 2.45) is 11.3 Å². The number of aliphatic carboxylic acids is 2. The summed E-state index contributed by atoms with van der Waals surface area (Å²) in [7, 11) is 0. The van der Waals surface area contributed by atoms with Gasteiger partial charge in [-0.1, -0.05) is 310 Å². The van der Waals surface area contributed by atoms with Crippen LogP contribution in [0.15, 0.2) is 27.9 Å². The number of carboxylic acids is 2. The molecule has 2 heterocycles. The molecule has 1 aromatic heterocycles. The van der Waals surface area contributed by atoms with E-state index >= 15 is 0 Å². The van der Waals surface area contributed by atoms with E-state index in [1.54, 1.807) is 19.1 Å². The Kier molecular flexibility index (Phi) is 46.1. The molecule has 1 fully saturated rings. The number of hydrogen-bond donors (Lipinski definition) is 4. The number of ether oxygens (including phenoxy) is 4. The van der Waals surface area contributed by atoms with Gasteiger partial charge >= 0.3 is 17.6 Å². The Morgan fingerprint density at radius 2 is 0.830 bits per heavy atom. The van der Waals surface area contributed by atoms with Crippen LogP contribution in [0.2, 0.25) is 0 Å². The van der Waals surface area contributed by atoms with Gasteiger partial charge in [0.2, 0.25) is 5.75 Å². The summed E-state index contributed by atoms with van der Waals surface area (Å²) in [6.07, 6.45) is 58.8. The monoisotopic (exact) mass is 1240 g/mol. The van der Waals surface area contributed by atoms with Crippen molar-refractivity contribution in [3.8, 4) is 17.2 Å². The molecule has 1 saturated heterocycles. The highest BCUT2D eigenvalue weighted by Crippen LogP contribution is 2.50. The molecule has 2 aromatic rings. The van der Waals surface area contributed by atoms with Crippen molar-refractivity contribution in [2.75, 3.05) is 26.4 Å². The number of H-pyrrole nitrogens is 1. The lowest BCUT2D eigenvalue weighted by molar-refractivity contribution is -0.162. The fourth-order valence-corrected chi connectivity index (χ4v) is 13.3. The van der Waals surface area contributed by atoms with Crippen LogP contribution in [0.25, 0.3) is 0 Å². The molecule has 0 aliphatic carbocycles. The molecule has 1 aromatic carbocycles. The third-order valence-electron chi connectivity index (χ3n) is 18.8. The molecule has 13 nitrogen and oxygen atoms in total. The molecule has 508 valence electrons. The Balaban J connectivity index is 1.77. The van der Waals surface area contributed by atoms with Crippen LogP contribution in [-0.2, 0) is 20.7 Å². The van der Waals surface area contributed by atoms with Gasteiger partial charge in [-0.15, -0.1) is 0 Å². The zero-order valence-corrected chi connectivity index (χ0v) is 56.9. The molecule has 0 bridgehead atoms. The van der Waals surface area contributed by atoms with Crippen LogP contribution in [0, 0.1) is 18.3 Å². The summed E-state index contributed by atoms with van der Waals surface area (Å²) in [4.78, 5) is 54.6. The second kappa shape index (κ2) is 51.7. The minimum absolute atomic E-state index is 0.0953. The number of aromatic nitrogens is 2. The van der Waals surface area contributed by atoms with Gasteiger partial charge in [0.15, 0.2) is 11.5 Å². The van der Waals surface area contributed by atoms with E-state index in [4.69, 9.17) is 18.9 Å². The molecule has 0 saturated carbocycles. The number of aromatic amines is 1. The molecule has 88 heavy (non-hydrogen) atoms. The van der Waals surface area contributed by atoms with Gasteiger partial charge in [-0.2, -0.15) is 0 Å². The third-order valence-corrected chi connectivity index (χ3v) is 18.8. The Bertz CT molecular complexity index is 2100. The zero-order valence-electron chi connectivity index (χ0n) is 56.9. The molecule has 4 atom stereocenters. The second-order valence-corrected chi connectivity index (χ2v) is 26.7. The Hall–Kier alpha value is -3.84. The maximum Gasteiger partial charge on any atom is 0.330 e. The summed E-state index contributed by atoms with van der Waals surface area (Å²) >= 11 is 0. The smallest absolute Gasteiger partial charge is 0.330 e. The van der Waals surface area contributed by atoms with Gasteiger partial charge in [0.1, 0.15) is 6.23 Å². The molecular formula is C75H132N2O11. The van der Waals surface area contributed by atoms with Crippen molar-refractivity contribution >= 4 is 11.9 Å². The highest BCUT2D eigenvalue weighted by molar-refractivity contribution is 5.82. The first kappa shape index (κ1) is 78.4. The first-order valence-corrected chi connectivity index (χ1v) is 37.1. The lowest BCUT2D eigenvalue weighted by atomic mass is 9.66. The van der Waals surface area contributed by atoms with Gasteiger partial charge in [-0.3, -0.25) is 23.9 Å². The summed E-state index contributed by atoms with van der Waals surface area (Å²) < 4.78 is 27.5. The van der Waals surface area contributed by atoms with E-state index in [0.29, 0.717) is 42.6 Å². The molecule has 13 heteroatoms. The van der Waals surface area contributed by atoms with E-state index < -0.39 is 59.9 Å². The van der Waals surface area contributed by atoms with E-state index in [1.807, 2.05) is 0 Å². The Morgan fingerprint density at radius 3 is 1.14 bits per heavy atom. The van der Waals surface area contributed by atoms with E-state index in [0.717, 1.165) is 57.8 Å². The van der Waals surface area contributed by atoms with Crippen molar-refractivity contribution in [3.63, 3.8) is 0 Å². The number of hydrogen-bond acceptors (Lipinski definition) is 9. The number of aliphatic hydroxyl groups is 1. The maximum absolute atomic E-state index is 13.9. The Labute approximate surface area is 535 Å². The molecule has 0 amide bonds. The number of rotatable bonds is 62. The van der Waals surface area contributed by atoms with Crippen molar-refractivity contribution in [1.82, 2.24) is 9.55 Å². The average molecular weight is 1240 g/mol. The van der Waals surface area contributed by atoms with Crippen molar-refractivity contribution < 1.29 is 43.9 Å². The molecule has 0 radical (unpaired) electrons. The first-order chi connectivity index (χ1) is 43.0. The average Bonchev–Trinajstić information content (AvgIpc) is 2.10. The highest BCUT2D eigenvalue weighted by Gasteiger charge is 2.55. The summed E-state index contributed by atoms with van der Waals surface area (Å²) in [5.74, 6) is -2.35. The van der Waals surface area contributed by atoms with Gasteiger partial charge in [0, 0.05) is 17.7 Å². The number of nitrogens with one attached hydrogen (secondary N) is 1.